The van der Waals surface area contributed by atoms with Crippen LogP contribution in [0.1, 0.15) is 36.6 Å². The van der Waals surface area contributed by atoms with E-state index in [4.69, 9.17) is 0 Å². The van der Waals surface area contributed by atoms with Crippen LogP contribution in [-0.4, -0.2) is 62.8 Å². The Kier molecular flexibility index (Phi) is 5.61. The van der Waals surface area contributed by atoms with Gasteiger partial charge in [0.15, 0.2) is 11.6 Å². The quantitative estimate of drug-likeness (QED) is 0.386. The van der Waals surface area contributed by atoms with Gasteiger partial charge in [0.25, 0.3) is 0 Å². The van der Waals surface area contributed by atoms with Crippen molar-refractivity contribution in [2.45, 2.75) is 45.2 Å². The molecule has 3 N–H and O–H groups in total. The van der Waals surface area contributed by atoms with Crippen LogP contribution in [0.5, 0.6) is 5.75 Å². The minimum atomic E-state index is -0.603. The lowest BCUT2D eigenvalue weighted by Crippen LogP contribution is -2.45. The zero-order chi connectivity index (χ0) is 24.1. The number of aromatic amines is 2. The summed E-state index contributed by atoms with van der Waals surface area (Å²) in [6.45, 7) is 6.48. The third-order valence-corrected chi connectivity index (χ3v) is 7.90. The third kappa shape index (κ3) is 4.02. The van der Waals surface area contributed by atoms with Crippen LogP contribution in [0.3, 0.4) is 0 Å². The molecule has 4 heterocycles. The molecular weight excluding hydrogens is 441 g/mol. The first-order valence-electron chi connectivity index (χ1n) is 12.6. The van der Waals surface area contributed by atoms with E-state index >= 15 is 0 Å². The molecule has 35 heavy (non-hydrogen) atoms. The molecular formula is C28H32FN5O. The standard InChI is InChI=1S/C28H32FN5O/c1-3-17-14-27(35)23(29)15-22(17)18-4-5-21-25(12-18)31-32-28(21)26-13-19-16-34(11-8-24(19)30-26)20-6-9-33(2)10-7-20/h4-5,12-15,20,30,35H,3,6-11,16H2,1-2H3,(H,31,32). The van der Waals surface area contributed by atoms with Crippen LogP contribution in [0.25, 0.3) is 33.4 Å². The van der Waals surface area contributed by atoms with Gasteiger partial charge in [-0.15, -0.1) is 0 Å². The Bertz CT molecular complexity index is 1380. The highest BCUT2D eigenvalue weighted by Gasteiger charge is 2.28. The van der Waals surface area contributed by atoms with Crippen LogP contribution in [-0.2, 0) is 19.4 Å². The average Bonchev–Trinajstić information content (AvgIpc) is 3.48. The first-order valence-corrected chi connectivity index (χ1v) is 12.6. The van der Waals surface area contributed by atoms with Crippen LogP contribution < -0.4 is 0 Å². The number of nitrogens with one attached hydrogen (secondary N) is 2. The second kappa shape index (κ2) is 8.81. The van der Waals surface area contributed by atoms with E-state index in [2.05, 4.69) is 44.2 Å². The lowest BCUT2D eigenvalue weighted by atomic mass is 9.96. The van der Waals surface area contributed by atoms with E-state index in [9.17, 15) is 9.50 Å². The Morgan fingerprint density at radius 1 is 1.11 bits per heavy atom. The summed E-state index contributed by atoms with van der Waals surface area (Å²) in [6.07, 6.45) is 4.25. The first-order chi connectivity index (χ1) is 17.0. The number of likely N-dealkylation sites (tertiary alicyclic amines) is 1. The van der Waals surface area contributed by atoms with Gasteiger partial charge in [-0.3, -0.25) is 10.00 Å². The molecule has 0 radical (unpaired) electrons. The normalized spacial score (nSPS) is 17.8. The largest absolute Gasteiger partial charge is 0.505 e. The second-order valence-electron chi connectivity index (χ2n) is 10.1. The highest BCUT2D eigenvalue weighted by Crippen LogP contribution is 2.35. The molecule has 7 heteroatoms. The third-order valence-electron chi connectivity index (χ3n) is 7.90. The Morgan fingerprint density at radius 2 is 1.94 bits per heavy atom. The summed E-state index contributed by atoms with van der Waals surface area (Å²) >= 11 is 0. The number of hydrogen-bond acceptors (Lipinski definition) is 4. The summed E-state index contributed by atoms with van der Waals surface area (Å²) in [7, 11) is 2.21. The molecule has 6 nitrogen and oxygen atoms in total. The van der Waals surface area contributed by atoms with Crippen LogP contribution >= 0.6 is 0 Å². The lowest BCUT2D eigenvalue weighted by Gasteiger charge is -2.39. The molecule has 2 aromatic carbocycles. The number of nitrogens with zero attached hydrogens (tertiary/aromatic N) is 3. The molecule has 2 aromatic heterocycles. The molecule has 0 saturated carbocycles. The number of H-pyrrole nitrogens is 2. The summed E-state index contributed by atoms with van der Waals surface area (Å²) < 4.78 is 14.1. The maximum atomic E-state index is 14.1. The highest BCUT2D eigenvalue weighted by atomic mass is 19.1. The van der Waals surface area contributed by atoms with E-state index in [1.54, 1.807) is 0 Å². The van der Waals surface area contributed by atoms with E-state index < -0.39 is 5.82 Å². The fourth-order valence-electron chi connectivity index (χ4n) is 5.82. The maximum Gasteiger partial charge on any atom is 0.165 e. The molecule has 0 bridgehead atoms. The van der Waals surface area contributed by atoms with Crippen molar-refractivity contribution < 1.29 is 9.50 Å². The monoisotopic (exact) mass is 473 g/mol. The molecule has 2 aliphatic heterocycles. The summed E-state index contributed by atoms with van der Waals surface area (Å²) in [5.41, 5.74) is 8.19. The predicted molar refractivity (Wildman–Crippen MR) is 137 cm³/mol. The Balaban J connectivity index is 1.28. The number of rotatable bonds is 4. The number of aromatic hydroxyl groups is 1. The van der Waals surface area contributed by atoms with Gasteiger partial charge in [0, 0.05) is 36.6 Å². The van der Waals surface area contributed by atoms with Crippen molar-refractivity contribution in [3.8, 4) is 28.3 Å². The molecule has 6 rings (SSSR count). The van der Waals surface area contributed by atoms with Gasteiger partial charge in [-0.2, -0.15) is 5.10 Å². The van der Waals surface area contributed by atoms with Crippen LogP contribution in [0.4, 0.5) is 4.39 Å². The fourth-order valence-corrected chi connectivity index (χ4v) is 5.82. The van der Waals surface area contributed by atoms with Gasteiger partial charge in [0.2, 0.25) is 0 Å². The highest BCUT2D eigenvalue weighted by molar-refractivity contribution is 5.95. The molecule has 1 fully saturated rings. The van der Waals surface area contributed by atoms with Crippen molar-refractivity contribution >= 4 is 10.9 Å². The second-order valence-corrected chi connectivity index (χ2v) is 10.1. The van der Waals surface area contributed by atoms with Crippen molar-refractivity contribution in [3.05, 3.63) is 59.0 Å². The van der Waals surface area contributed by atoms with Crippen LogP contribution in [0.15, 0.2) is 36.4 Å². The van der Waals surface area contributed by atoms with Crippen molar-refractivity contribution in [1.29, 1.82) is 0 Å². The van der Waals surface area contributed by atoms with Gasteiger partial charge < -0.3 is 15.0 Å². The summed E-state index contributed by atoms with van der Waals surface area (Å²) in [4.78, 5) is 8.73. The average molecular weight is 474 g/mol. The molecule has 0 amide bonds. The Labute approximate surface area is 204 Å². The molecule has 0 aliphatic carbocycles. The van der Waals surface area contributed by atoms with E-state index in [1.165, 1.54) is 49.3 Å². The van der Waals surface area contributed by atoms with E-state index in [-0.39, 0.29) is 5.75 Å². The van der Waals surface area contributed by atoms with Crippen molar-refractivity contribution in [2.75, 3.05) is 26.7 Å². The van der Waals surface area contributed by atoms with Crippen molar-refractivity contribution in [2.24, 2.45) is 0 Å². The van der Waals surface area contributed by atoms with Crippen molar-refractivity contribution in [3.63, 3.8) is 0 Å². The number of piperidine rings is 1. The minimum absolute atomic E-state index is 0.305. The number of phenols is 1. The molecule has 0 atom stereocenters. The van der Waals surface area contributed by atoms with Crippen LogP contribution in [0.2, 0.25) is 0 Å². The number of hydrogen-bond donors (Lipinski definition) is 3. The van der Waals surface area contributed by atoms with E-state index in [0.717, 1.165) is 58.5 Å². The Morgan fingerprint density at radius 3 is 2.74 bits per heavy atom. The summed E-state index contributed by atoms with van der Waals surface area (Å²) in [6, 6.07) is 12.0. The van der Waals surface area contributed by atoms with Gasteiger partial charge in [0.1, 0.15) is 5.69 Å². The maximum absolute atomic E-state index is 14.1. The van der Waals surface area contributed by atoms with Gasteiger partial charge in [-0.25, -0.2) is 4.39 Å². The minimum Gasteiger partial charge on any atom is -0.505 e. The predicted octanol–water partition coefficient (Wildman–Crippen LogP) is 5.08. The number of aromatic nitrogens is 3. The Hall–Kier alpha value is -3.16. The molecule has 4 aromatic rings. The molecule has 0 unspecified atom stereocenters. The number of aryl methyl sites for hydroxylation is 1. The number of phenolic OH excluding ortho intramolecular Hbond substituents is 1. The molecule has 182 valence electrons. The lowest BCUT2D eigenvalue weighted by molar-refractivity contribution is 0.109. The van der Waals surface area contributed by atoms with E-state index in [0.29, 0.717) is 12.5 Å². The summed E-state index contributed by atoms with van der Waals surface area (Å²) in [5, 5.41) is 18.6. The molecule has 1 saturated heterocycles. The fraction of sp³-hybridized carbons (Fsp3) is 0.393. The number of fused-ring (bicyclic) bond motifs is 2. The van der Waals surface area contributed by atoms with E-state index in [1.807, 2.05) is 19.1 Å². The van der Waals surface area contributed by atoms with Gasteiger partial charge in [0.05, 0.1) is 11.2 Å². The molecule has 0 spiro atoms. The topological polar surface area (TPSA) is 71.2 Å². The molecule has 2 aliphatic rings. The van der Waals surface area contributed by atoms with Gasteiger partial charge in [-0.05, 0) is 92.0 Å². The zero-order valence-corrected chi connectivity index (χ0v) is 20.4. The van der Waals surface area contributed by atoms with Crippen LogP contribution in [0, 0.1) is 5.82 Å². The SMILES string of the molecule is CCc1cc(O)c(F)cc1-c1ccc2c(-c3cc4c([nH]3)CCN(C3CCN(C)CC3)C4)n[nH]c2c1. The van der Waals surface area contributed by atoms with Gasteiger partial charge >= 0.3 is 0 Å². The zero-order valence-electron chi connectivity index (χ0n) is 20.4. The van der Waals surface area contributed by atoms with Crippen molar-refractivity contribution in [1.82, 2.24) is 25.0 Å². The number of halogens is 1. The number of benzene rings is 2. The first kappa shape index (κ1) is 22.3. The smallest absolute Gasteiger partial charge is 0.165 e. The van der Waals surface area contributed by atoms with Gasteiger partial charge in [-0.1, -0.05) is 13.0 Å². The summed E-state index contributed by atoms with van der Waals surface area (Å²) in [5.74, 6) is -0.908.